The number of halogens is 2. The zero-order valence-corrected chi connectivity index (χ0v) is 32.3. The Labute approximate surface area is 283 Å². The molecule has 0 nitrogen and oxygen atoms in total. The third-order valence-electron chi connectivity index (χ3n) is 9.50. The van der Waals surface area contributed by atoms with Crippen molar-refractivity contribution in [2.24, 2.45) is 0 Å². The molecule has 0 bridgehead atoms. The van der Waals surface area contributed by atoms with Crippen LogP contribution in [-0.4, -0.2) is 33.9 Å². The van der Waals surface area contributed by atoms with E-state index in [1.54, 1.807) is 5.56 Å². The Bertz CT molecular complexity index is 1020. The Kier molecular flexibility index (Phi) is 17.6. The first-order valence-electron chi connectivity index (χ1n) is 15.4. The largest absolute Gasteiger partial charge is 2.00 e. The standard InChI is InChI=1S/C35H48P2Si.2ClH.Pt/c38-35(30-16-6-1-7-17-30,26-28-36(31-18-8-2-9-19-31)32-20-10-3-11-21-32)27-29-37(33-22-12-4-13-23-33)34-24-14-5-15-25-34;;;/h1-3,6-11,16-21,33-34H,4-5,12-15,22-29H2,38H3;2*1H;/q;;;+2/p-2. The fourth-order valence-electron chi connectivity index (χ4n) is 7.10. The number of rotatable bonds is 11. The molecule has 0 heterocycles. The van der Waals surface area contributed by atoms with E-state index in [-0.39, 0.29) is 61.7 Å². The number of benzene rings is 3. The van der Waals surface area contributed by atoms with Gasteiger partial charge in [-0.1, -0.05) is 130 Å². The summed E-state index contributed by atoms with van der Waals surface area (Å²) < 4.78 is 0. The van der Waals surface area contributed by atoms with Crippen LogP contribution in [0.2, 0.25) is 0 Å². The molecular formula is C35H48Cl2P2PtSi. The van der Waals surface area contributed by atoms with Crippen LogP contribution in [0.15, 0.2) is 91.0 Å². The summed E-state index contributed by atoms with van der Waals surface area (Å²) in [5.74, 6) is 0. The van der Waals surface area contributed by atoms with Crippen LogP contribution >= 0.6 is 15.8 Å². The van der Waals surface area contributed by atoms with Crippen LogP contribution in [0.5, 0.6) is 0 Å². The second-order valence-corrected chi connectivity index (χ2v) is 19.3. The monoisotopic (exact) mass is 823 g/mol. The summed E-state index contributed by atoms with van der Waals surface area (Å²) in [4.78, 5) is 0. The van der Waals surface area contributed by atoms with Crippen molar-refractivity contribution in [1.82, 2.24) is 0 Å². The minimum absolute atomic E-state index is 0. The van der Waals surface area contributed by atoms with Gasteiger partial charge >= 0.3 is 21.1 Å². The average molecular weight is 825 g/mol. The minimum atomic E-state index is -0.328. The van der Waals surface area contributed by atoms with E-state index in [0.29, 0.717) is 5.04 Å². The predicted octanol–water partition coefficient (Wildman–Crippen LogP) is 2.31. The summed E-state index contributed by atoms with van der Waals surface area (Å²) in [5.41, 5.74) is 3.76. The van der Waals surface area contributed by atoms with Crippen LogP contribution in [0.3, 0.4) is 0 Å². The summed E-state index contributed by atoms with van der Waals surface area (Å²) in [6.07, 6.45) is 20.7. The number of hydrogen-bond donors (Lipinski definition) is 0. The van der Waals surface area contributed by atoms with Crippen molar-refractivity contribution in [3.63, 3.8) is 0 Å². The zero-order valence-electron chi connectivity index (χ0n) is 24.7. The minimum Gasteiger partial charge on any atom is -1.00 e. The Morgan fingerprint density at radius 2 is 0.951 bits per heavy atom. The van der Waals surface area contributed by atoms with Crippen LogP contribution in [-0.2, 0) is 26.1 Å². The van der Waals surface area contributed by atoms with Crippen LogP contribution in [0, 0.1) is 0 Å². The molecule has 2 aliphatic rings. The van der Waals surface area contributed by atoms with Gasteiger partial charge in [-0.05, 0) is 91.3 Å². The van der Waals surface area contributed by atoms with E-state index in [1.165, 1.54) is 110 Å². The van der Waals surface area contributed by atoms with Gasteiger partial charge in [0.2, 0.25) is 0 Å². The topological polar surface area (TPSA) is 0 Å². The Balaban J connectivity index is 0.00000196. The van der Waals surface area contributed by atoms with Gasteiger partial charge in [0.1, 0.15) is 0 Å². The summed E-state index contributed by atoms with van der Waals surface area (Å²) in [6.45, 7) is 0. The molecule has 226 valence electrons. The molecule has 0 aromatic heterocycles. The van der Waals surface area contributed by atoms with Gasteiger partial charge in [0.25, 0.3) is 0 Å². The van der Waals surface area contributed by atoms with Crippen molar-refractivity contribution in [2.45, 2.75) is 93.4 Å². The van der Waals surface area contributed by atoms with Crippen LogP contribution in [0.1, 0.15) is 82.6 Å². The van der Waals surface area contributed by atoms with Gasteiger partial charge in [-0.3, -0.25) is 0 Å². The van der Waals surface area contributed by atoms with Gasteiger partial charge in [0.15, 0.2) is 0 Å². The van der Waals surface area contributed by atoms with E-state index in [0.717, 1.165) is 11.3 Å². The van der Waals surface area contributed by atoms with Crippen molar-refractivity contribution < 1.29 is 45.9 Å². The quantitative estimate of drug-likeness (QED) is 0.206. The van der Waals surface area contributed by atoms with Crippen LogP contribution in [0.4, 0.5) is 0 Å². The third-order valence-corrected chi connectivity index (χ3v) is 17.2. The first-order chi connectivity index (χ1) is 18.7. The van der Waals surface area contributed by atoms with E-state index < -0.39 is 0 Å². The molecule has 1 atom stereocenters. The predicted molar refractivity (Wildman–Crippen MR) is 177 cm³/mol. The third kappa shape index (κ3) is 10.6. The van der Waals surface area contributed by atoms with Crippen molar-refractivity contribution in [3.05, 3.63) is 96.6 Å². The SMILES string of the molecule is [Cl-].[Cl-].[Pt+2].[SiH3]C(CCP(c1ccccc1)c1ccccc1)(CCP(C1CCCCC1)C1CCCCC1)c1ccccc1. The van der Waals surface area contributed by atoms with Crippen molar-refractivity contribution >= 4 is 36.7 Å². The van der Waals surface area contributed by atoms with Crippen molar-refractivity contribution in [1.29, 1.82) is 0 Å². The molecule has 5 rings (SSSR count). The first-order valence-corrected chi connectivity index (χ1v) is 19.6. The molecule has 0 N–H and O–H groups in total. The summed E-state index contributed by atoms with van der Waals surface area (Å²) in [6, 6.07) is 34.5. The fraction of sp³-hybridized carbons (Fsp3) is 0.486. The van der Waals surface area contributed by atoms with Crippen LogP contribution < -0.4 is 35.4 Å². The Morgan fingerprint density at radius 3 is 1.39 bits per heavy atom. The molecule has 2 fully saturated rings. The maximum Gasteiger partial charge on any atom is 2.00 e. The molecule has 0 saturated heterocycles. The van der Waals surface area contributed by atoms with Crippen molar-refractivity contribution in [2.75, 3.05) is 12.3 Å². The average Bonchev–Trinajstić information content (AvgIpc) is 3.00. The molecule has 0 radical (unpaired) electrons. The molecule has 3 aromatic carbocycles. The maximum absolute atomic E-state index is 2.46. The molecule has 0 spiro atoms. The summed E-state index contributed by atoms with van der Waals surface area (Å²) >= 11 is 0. The zero-order chi connectivity index (χ0) is 26.0. The number of hydrogen-bond acceptors (Lipinski definition) is 0. The van der Waals surface area contributed by atoms with Crippen molar-refractivity contribution in [3.8, 4) is 0 Å². The van der Waals surface area contributed by atoms with Gasteiger partial charge in [0.05, 0.1) is 0 Å². The van der Waals surface area contributed by atoms with E-state index in [4.69, 9.17) is 0 Å². The maximum atomic E-state index is 2.46. The van der Waals surface area contributed by atoms with E-state index in [1.807, 2.05) is 0 Å². The summed E-state index contributed by atoms with van der Waals surface area (Å²) in [5, 5.41) is 3.46. The normalized spacial score (nSPS) is 17.7. The molecule has 3 aromatic rings. The summed E-state index contributed by atoms with van der Waals surface area (Å²) in [7, 11) is 1.07. The van der Waals surface area contributed by atoms with Gasteiger partial charge in [-0.15, -0.1) is 7.92 Å². The van der Waals surface area contributed by atoms with E-state index in [2.05, 4.69) is 91.0 Å². The molecular weight excluding hydrogens is 776 g/mol. The molecule has 1 unspecified atom stereocenters. The molecule has 0 amide bonds. The first kappa shape index (κ1) is 37.2. The van der Waals surface area contributed by atoms with E-state index in [9.17, 15) is 0 Å². The second-order valence-electron chi connectivity index (χ2n) is 12.1. The van der Waals surface area contributed by atoms with E-state index >= 15 is 0 Å². The molecule has 2 aliphatic carbocycles. The smallest absolute Gasteiger partial charge is 1.00 e. The van der Waals surface area contributed by atoms with Gasteiger partial charge in [-0.2, -0.15) is 0 Å². The molecule has 41 heavy (non-hydrogen) atoms. The molecule has 6 heteroatoms. The van der Waals surface area contributed by atoms with Gasteiger partial charge in [0, 0.05) is 10.2 Å². The Morgan fingerprint density at radius 1 is 0.561 bits per heavy atom. The molecule has 0 aliphatic heterocycles. The van der Waals surface area contributed by atoms with Gasteiger partial charge in [-0.25, -0.2) is 0 Å². The second kappa shape index (κ2) is 19.4. The van der Waals surface area contributed by atoms with Gasteiger partial charge < -0.3 is 24.8 Å². The fourth-order valence-corrected chi connectivity index (χ4v) is 15.5. The van der Waals surface area contributed by atoms with Crippen LogP contribution in [0.25, 0.3) is 0 Å². The molecule has 2 saturated carbocycles. The Hall–Kier alpha value is 0.00519.